The minimum Gasteiger partial charge on any atom is -0.338 e. The summed E-state index contributed by atoms with van der Waals surface area (Å²) in [7, 11) is 3.48. The smallest absolute Gasteiger partial charge is 0.230 e. The average Bonchev–Trinajstić information content (AvgIpc) is 2.99. The van der Waals surface area contributed by atoms with E-state index in [1.165, 1.54) is 12.1 Å². The fourth-order valence-electron chi connectivity index (χ4n) is 3.39. The SMILES string of the molecule is Cc1nn(C)c(C)c1NC(=O)C1CC(=O)N(C)C1c1ccc(F)cc1. The standard InChI is InChI=1S/C18H21FN4O2/c1-10-16(11(2)23(4)21-10)20-18(25)14-9-15(24)22(3)17(14)12-5-7-13(19)8-6-12/h5-8,14,17H,9H2,1-4H3,(H,20,25). The molecule has 1 saturated heterocycles. The number of nitrogens with one attached hydrogen (secondary N) is 1. The normalized spacial score (nSPS) is 20.2. The van der Waals surface area contributed by atoms with E-state index < -0.39 is 12.0 Å². The van der Waals surface area contributed by atoms with Gasteiger partial charge < -0.3 is 10.2 Å². The first-order valence-electron chi connectivity index (χ1n) is 8.11. The van der Waals surface area contributed by atoms with Crippen LogP contribution in [0.2, 0.25) is 0 Å². The molecule has 0 radical (unpaired) electrons. The van der Waals surface area contributed by atoms with Crippen molar-refractivity contribution in [2.75, 3.05) is 12.4 Å². The zero-order chi connectivity index (χ0) is 18.3. The molecule has 2 aromatic rings. The Morgan fingerprint density at radius 2 is 1.88 bits per heavy atom. The number of benzene rings is 1. The van der Waals surface area contributed by atoms with E-state index >= 15 is 0 Å². The topological polar surface area (TPSA) is 67.2 Å². The molecule has 2 heterocycles. The van der Waals surface area contributed by atoms with Gasteiger partial charge in [-0.25, -0.2) is 4.39 Å². The molecular weight excluding hydrogens is 323 g/mol. The molecule has 0 saturated carbocycles. The summed E-state index contributed by atoms with van der Waals surface area (Å²) in [4.78, 5) is 26.6. The average molecular weight is 344 g/mol. The maximum atomic E-state index is 13.2. The number of halogens is 1. The highest BCUT2D eigenvalue weighted by molar-refractivity contribution is 5.98. The second kappa shape index (κ2) is 6.31. The van der Waals surface area contributed by atoms with Crippen molar-refractivity contribution in [1.82, 2.24) is 14.7 Å². The highest BCUT2D eigenvalue weighted by atomic mass is 19.1. The van der Waals surface area contributed by atoms with Gasteiger partial charge in [0.15, 0.2) is 0 Å². The minimum atomic E-state index is -0.540. The molecule has 0 aliphatic carbocycles. The lowest BCUT2D eigenvalue weighted by atomic mass is 9.92. The molecule has 0 spiro atoms. The molecule has 1 aliphatic heterocycles. The molecule has 1 N–H and O–H groups in total. The highest BCUT2D eigenvalue weighted by Gasteiger charge is 2.43. The van der Waals surface area contributed by atoms with Gasteiger partial charge in [-0.3, -0.25) is 14.3 Å². The number of carbonyl (C=O) groups is 2. The lowest BCUT2D eigenvalue weighted by Gasteiger charge is -2.25. The number of rotatable bonds is 3. The third-order valence-corrected chi connectivity index (χ3v) is 4.89. The quantitative estimate of drug-likeness (QED) is 0.929. The van der Waals surface area contributed by atoms with E-state index in [1.807, 2.05) is 20.9 Å². The summed E-state index contributed by atoms with van der Waals surface area (Å²) in [5.74, 6) is -1.22. The molecular formula is C18H21FN4O2. The number of aryl methyl sites for hydroxylation is 2. The first-order valence-corrected chi connectivity index (χ1v) is 8.11. The van der Waals surface area contributed by atoms with Crippen LogP contribution in [0.4, 0.5) is 10.1 Å². The first-order chi connectivity index (χ1) is 11.8. The summed E-state index contributed by atoms with van der Waals surface area (Å²) in [6.07, 6.45) is 0.128. The Hall–Kier alpha value is -2.70. The van der Waals surface area contributed by atoms with Crippen LogP contribution in [-0.2, 0) is 16.6 Å². The van der Waals surface area contributed by atoms with Crippen molar-refractivity contribution in [1.29, 1.82) is 0 Å². The number of amides is 2. The minimum absolute atomic E-state index is 0.103. The van der Waals surface area contributed by atoms with Crippen LogP contribution in [0.15, 0.2) is 24.3 Å². The number of nitrogens with zero attached hydrogens (tertiary/aromatic N) is 3. The van der Waals surface area contributed by atoms with Crippen LogP contribution in [0, 0.1) is 25.6 Å². The molecule has 2 unspecified atom stereocenters. The van der Waals surface area contributed by atoms with E-state index in [2.05, 4.69) is 10.4 Å². The monoisotopic (exact) mass is 344 g/mol. The molecule has 0 bridgehead atoms. The molecule has 6 nitrogen and oxygen atoms in total. The maximum Gasteiger partial charge on any atom is 0.230 e. The molecule has 1 fully saturated rings. The summed E-state index contributed by atoms with van der Waals surface area (Å²) >= 11 is 0. The van der Waals surface area contributed by atoms with Crippen molar-refractivity contribution in [2.45, 2.75) is 26.3 Å². The van der Waals surface area contributed by atoms with Crippen LogP contribution < -0.4 is 5.32 Å². The predicted molar refractivity (Wildman–Crippen MR) is 91.3 cm³/mol. The second-order valence-electron chi connectivity index (χ2n) is 6.47. The van der Waals surface area contributed by atoms with Crippen molar-refractivity contribution < 1.29 is 14.0 Å². The van der Waals surface area contributed by atoms with Crippen LogP contribution >= 0.6 is 0 Å². The molecule has 1 aliphatic rings. The van der Waals surface area contributed by atoms with E-state index in [0.29, 0.717) is 5.69 Å². The van der Waals surface area contributed by atoms with Crippen LogP contribution in [0.1, 0.15) is 29.4 Å². The van der Waals surface area contributed by atoms with Gasteiger partial charge in [0, 0.05) is 20.5 Å². The summed E-state index contributed by atoms with van der Waals surface area (Å²) in [6, 6.07) is 5.52. The van der Waals surface area contributed by atoms with Gasteiger partial charge in [-0.05, 0) is 31.5 Å². The number of carbonyl (C=O) groups excluding carboxylic acids is 2. The van der Waals surface area contributed by atoms with Crippen molar-refractivity contribution in [3.05, 3.63) is 47.0 Å². The number of anilines is 1. The van der Waals surface area contributed by atoms with E-state index in [-0.39, 0.29) is 24.1 Å². The van der Waals surface area contributed by atoms with Gasteiger partial charge in [0.05, 0.1) is 29.0 Å². The molecule has 2 atom stereocenters. The fraction of sp³-hybridized carbons (Fsp3) is 0.389. The largest absolute Gasteiger partial charge is 0.338 e. The van der Waals surface area contributed by atoms with Gasteiger partial charge >= 0.3 is 0 Å². The van der Waals surface area contributed by atoms with Crippen LogP contribution in [0.5, 0.6) is 0 Å². The van der Waals surface area contributed by atoms with Crippen LogP contribution in [-0.4, -0.2) is 33.5 Å². The Balaban J connectivity index is 1.89. The third kappa shape index (κ3) is 3.01. The Morgan fingerprint density at radius 1 is 1.24 bits per heavy atom. The van der Waals surface area contributed by atoms with Gasteiger partial charge in [-0.2, -0.15) is 5.10 Å². The summed E-state index contributed by atoms with van der Waals surface area (Å²) < 4.78 is 14.9. The first kappa shape index (κ1) is 17.1. The lowest BCUT2D eigenvalue weighted by molar-refractivity contribution is -0.127. The molecule has 7 heteroatoms. The Labute approximate surface area is 145 Å². The zero-order valence-electron chi connectivity index (χ0n) is 14.7. The fourth-order valence-corrected chi connectivity index (χ4v) is 3.39. The summed E-state index contributed by atoms with van der Waals surface area (Å²) in [5, 5.41) is 7.21. The molecule has 25 heavy (non-hydrogen) atoms. The van der Waals surface area contributed by atoms with Gasteiger partial charge in [0.2, 0.25) is 11.8 Å². The molecule has 1 aromatic carbocycles. The number of likely N-dealkylation sites (tertiary alicyclic amines) is 1. The van der Waals surface area contributed by atoms with E-state index in [0.717, 1.165) is 17.0 Å². The van der Waals surface area contributed by atoms with Gasteiger partial charge in [0.1, 0.15) is 5.82 Å². The van der Waals surface area contributed by atoms with E-state index in [4.69, 9.17) is 0 Å². The Morgan fingerprint density at radius 3 is 2.44 bits per heavy atom. The lowest BCUT2D eigenvalue weighted by Crippen LogP contribution is -2.30. The Kier molecular flexibility index (Phi) is 4.32. The number of aromatic nitrogens is 2. The van der Waals surface area contributed by atoms with Crippen LogP contribution in [0.25, 0.3) is 0 Å². The van der Waals surface area contributed by atoms with Crippen molar-refractivity contribution in [3.8, 4) is 0 Å². The second-order valence-corrected chi connectivity index (χ2v) is 6.47. The number of hydrogen-bond donors (Lipinski definition) is 1. The van der Waals surface area contributed by atoms with Gasteiger partial charge in [0.25, 0.3) is 0 Å². The zero-order valence-corrected chi connectivity index (χ0v) is 14.7. The number of hydrogen-bond acceptors (Lipinski definition) is 3. The highest BCUT2D eigenvalue weighted by Crippen LogP contribution is 2.38. The van der Waals surface area contributed by atoms with Crippen molar-refractivity contribution >= 4 is 17.5 Å². The van der Waals surface area contributed by atoms with Gasteiger partial charge in [-0.1, -0.05) is 12.1 Å². The summed E-state index contributed by atoms with van der Waals surface area (Å²) in [6.45, 7) is 3.70. The third-order valence-electron chi connectivity index (χ3n) is 4.89. The Bertz CT molecular complexity index is 828. The predicted octanol–water partition coefficient (Wildman–Crippen LogP) is 2.33. The van der Waals surface area contributed by atoms with E-state index in [1.54, 1.807) is 28.8 Å². The molecule has 3 rings (SSSR count). The van der Waals surface area contributed by atoms with Crippen molar-refractivity contribution in [3.63, 3.8) is 0 Å². The maximum absolute atomic E-state index is 13.2. The molecule has 2 amide bonds. The van der Waals surface area contributed by atoms with Crippen LogP contribution in [0.3, 0.4) is 0 Å². The van der Waals surface area contributed by atoms with Crippen molar-refractivity contribution in [2.24, 2.45) is 13.0 Å². The van der Waals surface area contributed by atoms with Gasteiger partial charge in [-0.15, -0.1) is 0 Å². The molecule has 1 aromatic heterocycles. The van der Waals surface area contributed by atoms with E-state index in [9.17, 15) is 14.0 Å². The molecule has 132 valence electrons. The summed E-state index contributed by atoms with van der Waals surface area (Å²) in [5.41, 5.74) is 2.99.